The maximum Gasteiger partial charge on any atom is 0.429 e. The lowest BCUT2D eigenvalue weighted by Gasteiger charge is -2.34. The summed E-state index contributed by atoms with van der Waals surface area (Å²) in [7, 11) is 1.85. The van der Waals surface area contributed by atoms with Crippen molar-refractivity contribution in [3.05, 3.63) is 94.3 Å². The van der Waals surface area contributed by atoms with Gasteiger partial charge in [0.2, 0.25) is 5.78 Å². The first kappa shape index (κ1) is 25.5. The van der Waals surface area contributed by atoms with Crippen LogP contribution in [0.25, 0.3) is 11.8 Å². The summed E-state index contributed by atoms with van der Waals surface area (Å²) >= 11 is 0.950. The fourth-order valence-corrected chi connectivity index (χ4v) is 5.13. The highest BCUT2D eigenvalue weighted by atomic mass is 32.2. The lowest BCUT2D eigenvalue weighted by molar-refractivity contribution is -0.252. The van der Waals surface area contributed by atoms with Crippen LogP contribution in [0.4, 0.5) is 17.6 Å². The van der Waals surface area contributed by atoms with Crippen LogP contribution in [0.2, 0.25) is 0 Å². The number of hydrogen-bond acceptors (Lipinski definition) is 6. The number of ether oxygens (including phenoxy) is 2. The van der Waals surface area contributed by atoms with Crippen molar-refractivity contribution < 1.29 is 41.7 Å². The Labute approximate surface area is 207 Å². The molecule has 3 aromatic carbocycles. The number of benzene rings is 3. The molecule has 1 atom stereocenters. The summed E-state index contributed by atoms with van der Waals surface area (Å²) in [5.74, 6) is -3.51. The molecule has 0 fully saturated rings. The Balaban J connectivity index is 2.04. The van der Waals surface area contributed by atoms with Crippen LogP contribution < -0.4 is 0 Å². The highest BCUT2D eigenvalue weighted by Crippen LogP contribution is 2.47. The van der Waals surface area contributed by atoms with Gasteiger partial charge < -0.3 is 14.6 Å². The van der Waals surface area contributed by atoms with Crippen molar-refractivity contribution in [3.8, 4) is 0 Å². The topological polar surface area (TPSA) is 72.8 Å². The molecule has 1 unspecified atom stereocenters. The van der Waals surface area contributed by atoms with Crippen LogP contribution in [-0.2, 0) is 15.1 Å². The smallest absolute Gasteiger partial charge is 0.429 e. The van der Waals surface area contributed by atoms with Gasteiger partial charge in [0.05, 0.1) is 12.7 Å². The Morgan fingerprint density at radius 2 is 1.64 bits per heavy atom. The van der Waals surface area contributed by atoms with Gasteiger partial charge in [-0.2, -0.15) is 13.2 Å². The van der Waals surface area contributed by atoms with Gasteiger partial charge in [-0.3, -0.25) is 4.79 Å². The number of aliphatic hydroxyl groups excluding tert-OH is 1. The number of hydrogen-bond donors (Lipinski definition) is 1. The lowest BCUT2D eigenvalue weighted by Crippen LogP contribution is -2.51. The highest BCUT2D eigenvalue weighted by Gasteiger charge is 2.62. The largest absolute Gasteiger partial charge is 0.507 e. The van der Waals surface area contributed by atoms with Crippen molar-refractivity contribution in [2.75, 3.05) is 14.2 Å². The zero-order valence-electron chi connectivity index (χ0n) is 18.9. The first-order valence-corrected chi connectivity index (χ1v) is 11.2. The minimum atomic E-state index is -5.20. The second-order valence-corrected chi connectivity index (χ2v) is 8.86. The number of carbonyl (C=O) groups excluding carboxylic acids is 2. The number of methoxy groups -OCH3 is 2. The van der Waals surface area contributed by atoms with Gasteiger partial charge in [0.1, 0.15) is 11.6 Å². The lowest BCUT2D eigenvalue weighted by atomic mass is 9.82. The molecule has 1 heterocycles. The summed E-state index contributed by atoms with van der Waals surface area (Å²) in [5, 5.41) is 10.7. The van der Waals surface area contributed by atoms with Crippen LogP contribution in [0.1, 0.15) is 37.4 Å². The van der Waals surface area contributed by atoms with Gasteiger partial charge in [0.15, 0.2) is 0 Å². The molecule has 1 aliphatic rings. The van der Waals surface area contributed by atoms with Crippen molar-refractivity contribution in [2.45, 2.75) is 21.6 Å². The van der Waals surface area contributed by atoms with E-state index in [-0.39, 0.29) is 21.6 Å². The van der Waals surface area contributed by atoms with Gasteiger partial charge in [-0.1, -0.05) is 42.1 Å². The van der Waals surface area contributed by atoms with E-state index in [4.69, 9.17) is 9.47 Å². The van der Waals surface area contributed by atoms with Crippen molar-refractivity contribution in [3.63, 3.8) is 0 Å². The molecule has 1 aliphatic heterocycles. The van der Waals surface area contributed by atoms with Crippen LogP contribution in [-0.4, -0.2) is 37.3 Å². The Bertz CT molecular complexity index is 1390. The fraction of sp³-hybridized carbons (Fsp3) is 0.154. The molecule has 0 bridgehead atoms. The second kappa shape index (κ2) is 9.44. The van der Waals surface area contributed by atoms with Crippen LogP contribution in [0.3, 0.4) is 0 Å². The third-order valence-corrected chi connectivity index (χ3v) is 6.87. The van der Waals surface area contributed by atoms with E-state index in [1.54, 1.807) is 0 Å². The van der Waals surface area contributed by atoms with Crippen LogP contribution in [0, 0.1) is 5.82 Å². The monoisotopic (exact) mass is 518 g/mol. The van der Waals surface area contributed by atoms with E-state index in [1.165, 1.54) is 30.3 Å². The van der Waals surface area contributed by atoms with E-state index in [2.05, 4.69) is 0 Å². The predicted molar refractivity (Wildman–Crippen MR) is 124 cm³/mol. The number of alkyl halides is 3. The van der Waals surface area contributed by atoms with Crippen molar-refractivity contribution >= 4 is 35.3 Å². The number of aliphatic hydroxyl groups is 1. The number of halogens is 4. The summed E-state index contributed by atoms with van der Waals surface area (Å²) in [5.41, 5.74) is -4.63. The van der Waals surface area contributed by atoms with Crippen LogP contribution in [0.15, 0.2) is 70.5 Å². The minimum absolute atomic E-state index is 0.0751. The van der Waals surface area contributed by atoms with Crippen molar-refractivity contribution in [1.82, 2.24) is 0 Å². The second-order valence-electron chi connectivity index (χ2n) is 7.78. The predicted octanol–water partition coefficient (Wildman–Crippen LogP) is 6.42. The van der Waals surface area contributed by atoms with E-state index in [1.807, 2.05) is 0 Å². The average molecular weight is 518 g/mol. The van der Waals surface area contributed by atoms with Crippen LogP contribution in [0.5, 0.6) is 0 Å². The molecule has 0 spiro atoms. The molecule has 10 heteroatoms. The Morgan fingerprint density at radius 3 is 2.25 bits per heavy atom. The van der Waals surface area contributed by atoms with E-state index >= 15 is 0 Å². The molecule has 0 aromatic heterocycles. The number of carbonyl (C=O) groups is 2. The summed E-state index contributed by atoms with van der Waals surface area (Å²) in [6.07, 6.45) is -4.13. The first-order valence-electron chi connectivity index (χ1n) is 10.4. The molecule has 1 N–H and O–H groups in total. The minimum Gasteiger partial charge on any atom is -0.507 e. The number of rotatable bonds is 5. The van der Waals surface area contributed by atoms with Crippen LogP contribution >= 0.6 is 11.8 Å². The number of fused-ring (bicyclic) bond motifs is 2. The zero-order chi connectivity index (χ0) is 26.3. The Morgan fingerprint density at radius 1 is 0.944 bits per heavy atom. The average Bonchev–Trinajstić information content (AvgIpc) is 2.99. The molecule has 0 saturated heterocycles. The van der Waals surface area contributed by atoms with Gasteiger partial charge in [-0.05, 0) is 36.4 Å². The summed E-state index contributed by atoms with van der Waals surface area (Å²) in [6, 6.07) is 12.3. The maximum absolute atomic E-state index is 14.6. The number of ketones is 1. The van der Waals surface area contributed by atoms with Gasteiger partial charge >= 0.3 is 12.1 Å². The molecular formula is C26H18F4O5S. The molecule has 3 aromatic rings. The van der Waals surface area contributed by atoms with Gasteiger partial charge in [0.25, 0.3) is 5.60 Å². The molecular weight excluding hydrogens is 500 g/mol. The quantitative estimate of drug-likeness (QED) is 0.239. The third-order valence-electron chi connectivity index (χ3n) is 5.73. The molecule has 4 rings (SSSR count). The summed E-state index contributed by atoms with van der Waals surface area (Å²) < 4.78 is 67.4. The van der Waals surface area contributed by atoms with E-state index in [0.29, 0.717) is 4.90 Å². The van der Waals surface area contributed by atoms with Crippen molar-refractivity contribution in [1.29, 1.82) is 0 Å². The highest BCUT2D eigenvalue weighted by molar-refractivity contribution is 7.99. The standard InChI is InChI=1S/C26H18F4O5S/c1-34-24(33)14-10-18(23(32)25(35-2,26(28,29)30)15-6-4-3-5-7-15)17-13-20(31)19-12-16(27)8-9-21(19)36-22(17)11-14/h3-13,31H,1-2H3. The number of esters is 1. The number of Topliss-reactive ketones (excluding diaryl/α,β-unsaturated/α-hetero) is 1. The van der Waals surface area contributed by atoms with E-state index in [0.717, 1.165) is 62.4 Å². The summed E-state index contributed by atoms with van der Waals surface area (Å²) in [4.78, 5) is 26.8. The Hall–Kier alpha value is -3.63. The van der Waals surface area contributed by atoms with Gasteiger partial charge in [-0.25, -0.2) is 9.18 Å². The molecule has 36 heavy (non-hydrogen) atoms. The fourth-order valence-electron chi connectivity index (χ4n) is 4.02. The molecule has 0 aliphatic carbocycles. The van der Waals surface area contributed by atoms with Gasteiger partial charge in [-0.15, -0.1) is 0 Å². The SMILES string of the molecule is COC(=O)c1cc2c(c(C(=O)C(OC)(c3ccccc3)C(F)(F)F)c1)C=C(O)c1cc(F)ccc1S2. The third kappa shape index (κ3) is 4.16. The van der Waals surface area contributed by atoms with E-state index in [9.17, 15) is 32.3 Å². The maximum atomic E-state index is 14.6. The Kier molecular flexibility index (Phi) is 6.68. The summed E-state index contributed by atoms with van der Waals surface area (Å²) in [6.45, 7) is 0. The molecule has 0 saturated carbocycles. The zero-order valence-corrected chi connectivity index (χ0v) is 19.7. The molecule has 5 nitrogen and oxygen atoms in total. The molecule has 186 valence electrons. The van der Waals surface area contributed by atoms with Crippen molar-refractivity contribution in [2.24, 2.45) is 0 Å². The normalized spacial score (nSPS) is 14.6. The first-order chi connectivity index (χ1) is 17.0. The van der Waals surface area contributed by atoms with E-state index < -0.39 is 46.2 Å². The molecule has 0 amide bonds. The molecule has 0 radical (unpaired) electrons. The van der Waals surface area contributed by atoms with Gasteiger partial charge in [0, 0.05) is 39.2 Å².